The van der Waals surface area contributed by atoms with Crippen molar-refractivity contribution in [2.75, 3.05) is 20.2 Å². The number of benzene rings is 1. The second-order valence-electron chi connectivity index (χ2n) is 5.05. The van der Waals surface area contributed by atoms with E-state index in [2.05, 4.69) is 17.1 Å². The molecule has 1 aliphatic rings. The van der Waals surface area contributed by atoms with Crippen LogP contribution >= 0.6 is 0 Å². The Bertz CT molecular complexity index is 470. The molecule has 19 heavy (non-hydrogen) atoms. The van der Waals surface area contributed by atoms with Gasteiger partial charge in [0.05, 0.1) is 5.56 Å². The highest BCUT2D eigenvalue weighted by molar-refractivity contribution is 5.99. The van der Waals surface area contributed by atoms with E-state index in [0.29, 0.717) is 17.9 Å². The van der Waals surface area contributed by atoms with Crippen molar-refractivity contribution in [3.63, 3.8) is 0 Å². The summed E-state index contributed by atoms with van der Waals surface area (Å²) in [5.74, 6) is 0.736. The topological polar surface area (TPSA) is 71.1 Å². The highest BCUT2D eigenvalue weighted by Crippen LogP contribution is 2.25. The molecule has 0 aliphatic heterocycles. The van der Waals surface area contributed by atoms with E-state index in [1.54, 1.807) is 0 Å². The van der Waals surface area contributed by atoms with Gasteiger partial charge in [-0.2, -0.15) is 0 Å². The van der Waals surface area contributed by atoms with E-state index < -0.39 is 0 Å². The highest BCUT2D eigenvalue weighted by atomic mass is 16.5. The fraction of sp³-hybridized carbons (Fsp3) is 0.500. The lowest BCUT2D eigenvalue weighted by atomic mass is 10.1. The number of amidine groups is 1. The molecule has 0 bridgehead atoms. The van der Waals surface area contributed by atoms with Crippen molar-refractivity contribution in [3.8, 4) is 5.75 Å². The van der Waals surface area contributed by atoms with Crippen LogP contribution in [-0.4, -0.2) is 42.2 Å². The summed E-state index contributed by atoms with van der Waals surface area (Å²) in [4.78, 5) is 2.30. The maximum absolute atomic E-state index is 8.80. The van der Waals surface area contributed by atoms with E-state index >= 15 is 0 Å². The first-order valence-electron chi connectivity index (χ1n) is 6.53. The number of nitrogens with zero attached hydrogens (tertiary/aromatic N) is 2. The van der Waals surface area contributed by atoms with Crippen molar-refractivity contribution < 1.29 is 9.94 Å². The Kier molecular flexibility index (Phi) is 4.27. The second-order valence-corrected chi connectivity index (χ2v) is 5.05. The van der Waals surface area contributed by atoms with Gasteiger partial charge >= 0.3 is 0 Å². The van der Waals surface area contributed by atoms with Crippen molar-refractivity contribution >= 4 is 5.84 Å². The van der Waals surface area contributed by atoms with E-state index in [4.69, 9.17) is 15.7 Å². The van der Waals surface area contributed by atoms with Gasteiger partial charge in [-0.05, 0) is 38.9 Å². The summed E-state index contributed by atoms with van der Waals surface area (Å²) in [5.41, 5.74) is 7.34. The molecule has 1 aromatic rings. The molecule has 104 valence electrons. The minimum absolute atomic E-state index is 0.0780. The Hall–Kier alpha value is -1.75. The van der Waals surface area contributed by atoms with Gasteiger partial charge in [-0.25, -0.2) is 0 Å². The van der Waals surface area contributed by atoms with Crippen molar-refractivity contribution in [2.45, 2.75) is 25.8 Å². The first-order chi connectivity index (χ1) is 9.11. The van der Waals surface area contributed by atoms with Gasteiger partial charge in [-0.3, -0.25) is 0 Å². The normalized spacial score (nSPS) is 15.8. The lowest BCUT2D eigenvalue weighted by molar-refractivity contribution is 0.231. The lowest BCUT2D eigenvalue weighted by Gasteiger charge is -2.17. The molecule has 0 atom stereocenters. The van der Waals surface area contributed by atoms with Crippen LogP contribution in [0.15, 0.2) is 23.4 Å². The standard InChI is InChI=1S/C14H21N3O2/c1-10-3-6-13(12(9-10)14(15)16-18)19-8-7-17(2)11-4-5-11/h3,6,9,11,18H,4-5,7-8H2,1-2H3,(H2,15,16). The van der Waals surface area contributed by atoms with Crippen LogP contribution in [0.5, 0.6) is 5.75 Å². The highest BCUT2D eigenvalue weighted by Gasteiger charge is 2.25. The zero-order chi connectivity index (χ0) is 13.8. The molecule has 5 heteroatoms. The zero-order valence-corrected chi connectivity index (χ0v) is 11.5. The maximum atomic E-state index is 8.80. The Balaban J connectivity index is 1.98. The minimum atomic E-state index is 0.0780. The molecule has 5 nitrogen and oxygen atoms in total. The Labute approximate surface area is 113 Å². The summed E-state index contributed by atoms with van der Waals surface area (Å²) < 4.78 is 5.75. The third kappa shape index (κ3) is 3.61. The van der Waals surface area contributed by atoms with Gasteiger partial charge < -0.3 is 20.6 Å². The summed E-state index contributed by atoms with van der Waals surface area (Å²) in [5, 5.41) is 11.8. The maximum Gasteiger partial charge on any atom is 0.173 e. The monoisotopic (exact) mass is 263 g/mol. The summed E-state index contributed by atoms with van der Waals surface area (Å²) >= 11 is 0. The summed E-state index contributed by atoms with van der Waals surface area (Å²) in [6.07, 6.45) is 2.58. The van der Waals surface area contributed by atoms with E-state index in [0.717, 1.165) is 18.2 Å². The molecule has 0 unspecified atom stereocenters. The number of oxime groups is 1. The SMILES string of the molecule is Cc1ccc(OCCN(C)C2CC2)c(/C(N)=N/O)c1. The van der Waals surface area contributed by atoms with Gasteiger partial charge in [0, 0.05) is 12.6 Å². The van der Waals surface area contributed by atoms with Gasteiger partial charge in [-0.15, -0.1) is 0 Å². The van der Waals surface area contributed by atoms with Crippen LogP contribution in [0.25, 0.3) is 0 Å². The molecule has 0 radical (unpaired) electrons. The first kappa shape index (κ1) is 13.7. The molecule has 1 fully saturated rings. The van der Waals surface area contributed by atoms with Crippen molar-refractivity contribution in [1.29, 1.82) is 0 Å². The molecule has 1 aromatic carbocycles. The van der Waals surface area contributed by atoms with Crippen LogP contribution in [0.4, 0.5) is 0 Å². The predicted molar refractivity (Wildman–Crippen MR) is 74.8 cm³/mol. The van der Waals surface area contributed by atoms with Crippen LogP contribution < -0.4 is 10.5 Å². The number of hydrogen-bond donors (Lipinski definition) is 2. The van der Waals surface area contributed by atoms with E-state index in [1.807, 2.05) is 25.1 Å². The third-order valence-electron chi connectivity index (χ3n) is 3.39. The molecular formula is C14H21N3O2. The fourth-order valence-corrected chi connectivity index (χ4v) is 2.02. The number of aryl methyl sites for hydroxylation is 1. The number of nitrogens with two attached hydrogens (primary N) is 1. The fourth-order valence-electron chi connectivity index (χ4n) is 2.02. The third-order valence-corrected chi connectivity index (χ3v) is 3.39. The summed E-state index contributed by atoms with van der Waals surface area (Å²) in [7, 11) is 2.11. The van der Waals surface area contributed by atoms with Crippen LogP contribution in [0, 0.1) is 6.92 Å². The lowest BCUT2D eigenvalue weighted by Crippen LogP contribution is -2.26. The Morgan fingerprint density at radius 3 is 2.89 bits per heavy atom. The Morgan fingerprint density at radius 2 is 2.26 bits per heavy atom. The minimum Gasteiger partial charge on any atom is -0.491 e. The predicted octanol–water partition coefficient (Wildman–Crippen LogP) is 1.56. The van der Waals surface area contributed by atoms with Crippen molar-refractivity contribution in [3.05, 3.63) is 29.3 Å². The molecule has 3 N–H and O–H groups in total. The van der Waals surface area contributed by atoms with Crippen LogP contribution in [0.1, 0.15) is 24.0 Å². The Morgan fingerprint density at radius 1 is 1.53 bits per heavy atom. The molecule has 0 amide bonds. The average molecular weight is 263 g/mol. The molecule has 2 rings (SSSR count). The summed E-state index contributed by atoms with van der Waals surface area (Å²) in [6, 6.07) is 6.40. The molecule has 0 spiro atoms. The van der Waals surface area contributed by atoms with E-state index in [9.17, 15) is 0 Å². The van der Waals surface area contributed by atoms with E-state index in [1.165, 1.54) is 12.8 Å². The van der Waals surface area contributed by atoms with Gasteiger partial charge in [0.15, 0.2) is 5.84 Å². The van der Waals surface area contributed by atoms with Crippen LogP contribution in [0.3, 0.4) is 0 Å². The molecular weight excluding hydrogens is 242 g/mol. The number of hydrogen-bond acceptors (Lipinski definition) is 4. The molecule has 1 aliphatic carbocycles. The summed E-state index contributed by atoms with van der Waals surface area (Å²) in [6.45, 7) is 3.44. The van der Waals surface area contributed by atoms with Crippen molar-refractivity contribution in [2.24, 2.45) is 10.9 Å². The number of ether oxygens (including phenoxy) is 1. The molecule has 0 heterocycles. The number of likely N-dealkylation sites (N-methyl/N-ethyl adjacent to an activating group) is 1. The van der Waals surface area contributed by atoms with Gasteiger partial charge in [0.1, 0.15) is 12.4 Å². The van der Waals surface area contributed by atoms with Gasteiger partial charge in [-0.1, -0.05) is 16.8 Å². The quantitative estimate of drug-likeness (QED) is 0.354. The first-order valence-corrected chi connectivity index (χ1v) is 6.53. The average Bonchev–Trinajstić information content (AvgIpc) is 3.23. The molecule has 1 saturated carbocycles. The number of rotatable bonds is 6. The van der Waals surface area contributed by atoms with Gasteiger partial charge in [0.25, 0.3) is 0 Å². The smallest absolute Gasteiger partial charge is 0.173 e. The van der Waals surface area contributed by atoms with Crippen LogP contribution in [0.2, 0.25) is 0 Å². The van der Waals surface area contributed by atoms with Crippen molar-refractivity contribution in [1.82, 2.24) is 4.90 Å². The molecule has 0 saturated heterocycles. The largest absolute Gasteiger partial charge is 0.491 e. The van der Waals surface area contributed by atoms with Gasteiger partial charge in [0.2, 0.25) is 0 Å². The zero-order valence-electron chi connectivity index (χ0n) is 11.5. The van der Waals surface area contributed by atoms with E-state index in [-0.39, 0.29) is 5.84 Å². The second kappa shape index (κ2) is 5.93. The molecule has 0 aromatic heterocycles. The van der Waals surface area contributed by atoms with Crippen LogP contribution in [-0.2, 0) is 0 Å².